The molecule has 6 aliphatic rings. The van der Waals surface area contributed by atoms with E-state index in [2.05, 4.69) is 52.8 Å². The fraction of sp³-hybridized carbons (Fsp3) is 0.714. The molecule has 3 heterocycles. The molecule has 7 rings (SSSR count). The van der Waals surface area contributed by atoms with Crippen LogP contribution in [-0.4, -0.2) is 100 Å². The number of aryl methyl sites for hydroxylation is 2. The van der Waals surface area contributed by atoms with E-state index in [-0.39, 0.29) is 35.1 Å². The molecule has 4 N–H and O–H groups in total. The van der Waals surface area contributed by atoms with Gasteiger partial charge in [0, 0.05) is 37.5 Å². The van der Waals surface area contributed by atoms with Crippen LogP contribution in [0.2, 0.25) is 0 Å². The van der Waals surface area contributed by atoms with Gasteiger partial charge in [0.05, 0.1) is 5.69 Å². The summed E-state index contributed by atoms with van der Waals surface area (Å²) >= 11 is 0. The molecule has 0 aromatic carbocycles. The first-order valence-electron chi connectivity index (χ1n) is 21.3. The number of carbonyl (C=O) groups is 5. The predicted molar refractivity (Wildman–Crippen MR) is 217 cm³/mol. The summed E-state index contributed by atoms with van der Waals surface area (Å²) in [5, 5.41) is 13.3. The minimum Gasteiger partial charge on any atom is -0.339 e. The second kappa shape index (κ2) is 15.2. The number of fused-ring (bicyclic) bond motifs is 1. The summed E-state index contributed by atoms with van der Waals surface area (Å²) in [6, 6.07) is -1.43. The summed E-state index contributed by atoms with van der Waals surface area (Å²) in [4.78, 5) is 73.1. The quantitative estimate of drug-likeness (QED) is 0.206. The fourth-order valence-electron chi connectivity index (χ4n) is 11.4. The van der Waals surface area contributed by atoms with Gasteiger partial charge >= 0.3 is 10.2 Å². The lowest BCUT2D eigenvalue weighted by Crippen LogP contribution is -2.60. The van der Waals surface area contributed by atoms with Crippen LogP contribution in [0.15, 0.2) is 30.9 Å². The van der Waals surface area contributed by atoms with Crippen LogP contribution in [-0.2, 0) is 35.9 Å². The molecule has 16 heteroatoms. The Morgan fingerprint density at radius 1 is 0.983 bits per heavy atom. The highest BCUT2D eigenvalue weighted by Crippen LogP contribution is 2.88. The lowest BCUT2D eigenvalue weighted by molar-refractivity contribution is -0.142. The highest BCUT2D eigenvalue weighted by Gasteiger charge is 2.85. The highest BCUT2D eigenvalue weighted by atomic mass is 32.2. The molecular formula is C42H62N8O7S. The summed E-state index contributed by atoms with van der Waals surface area (Å²) in [6.45, 7) is 19.1. The summed E-state index contributed by atoms with van der Waals surface area (Å²) in [5.74, 6) is -3.45. The van der Waals surface area contributed by atoms with Crippen molar-refractivity contribution in [3.8, 4) is 0 Å². The van der Waals surface area contributed by atoms with Crippen molar-refractivity contribution in [1.29, 1.82) is 0 Å². The van der Waals surface area contributed by atoms with Gasteiger partial charge < -0.3 is 20.9 Å². The molecule has 2 aliphatic heterocycles. The van der Waals surface area contributed by atoms with Crippen LogP contribution in [0.4, 0.5) is 0 Å². The molecule has 0 radical (unpaired) electrons. The number of amides is 5. The van der Waals surface area contributed by atoms with Crippen molar-refractivity contribution in [2.24, 2.45) is 28.1 Å². The highest BCUT2D eigenvalue weighted by molar-refractivity contribution is 7.87. The third-order valence-electron chi connectivity index (χ3n) is 15.2. The molecule has 318 valence electrons. The standard InChI is InChI=1S/C42H62N8O7S/c1-8-29-23-42(29,38(55)47-58(56,57)48-20-13-14-21-48)45-35(52)31-24-41(39(6,7)40(41)18-15-19-40)25-49(31)37(54)32(26(3)4)43-36(53)33(28-16-11-10-12-17-28)44-34(51)30-22-27(5)46-50(30)9-2/h8,22,28-29,31-33H,1,3,9-21,23-25H2,2,4-7H3,(H,43,53)(H,44,51)(H,45,52)(H,47,55)/t29-,31+,32+,33+,41-,42-/m1/s1. The van der Waals surface area contributed by atoms with E-state index < -0.39 is 69.3 Å². The van der Waals surface area contributed by atoms with E-state index in [4.69, 9.17) is 0 Å². The van der Waals surface area contributed by atoms with Crippen molar-refractivity contribution < 1.29 is 32.4 Å². The topological polar surface area (TPSA) is 192 Å². The van der Waals surface area contributed by atoms with Gasteiger partial charge in [0.2, 0.25) is 17.7 Å². The van der Waals surface area contributed by atoms with Gasteiger partial charge in [-0.2, -0.15) is 17.8 Å². The Morgan fingerprint density at radius 3 is 2.21 bits per heavy atom. The second-order valence-electron chi connectivity index (χ2n) is 18.5. The summed E-state index contributed by atoms with van der Waals surface area (Å²) < 4.78 is 31.3. The number of hydrogen-bond acceptors (Lipinski definition) is 8. The zero-order chi connectivity index (χ0) is 42.0. The van der Waals surface area contributed by atoms with E-state index in [1.165, 1.54) is 4.31 Å². The number of aromatic nitrogens is 2. The zero-order valence-corrected chi connectivity index (χ0v) is 35.6. The molecular weight excluding hydrogens is 761 g/mol. The van der Waals surface area contributed by atoms with Gasteiger partial charge in [-0.3, -0.25) is 28.7 Å². The minimum atomic E-state index is -4.12. The fourth-order valence-corrected chi connectivity index (χ4v) is 12.7. The van der Waals surface area contributed by atoms with Crippen LogP contribution >= 0.6 is 0 Å². The van der Waals surface area contributed by atoms with Gasteiger partial charge in [0.15, 0.2) is 0 Å². The van der Waals surface area contributed by atoms with Crippen molar-refractivity contribution in [3.63, 3.8) is 0 Å². The maximum absolute atomic E-state index is 15.0. The van der Waals surface area contributed by atoms with Crippen molar-refractivity contribution in [1.82, 2.24) is 39.7 Å². The van der Waals surface area contributed by atoms with Crippen LogP contribution < -0.4 is 20.7 Å². The van der Waals surface area contributed by atoms with E-state index in [9.17, 15) is 32.4 Å². The molecule has 58 heavy (non-hydrogen) atoms. The lowest BCUT2D eigenvalue weighted by atomic mass is 9.73. The summed E-state index contributed by atoms with van der Waals surface area (Å²) in [7, 11) is -4.12. The van der Waals surface area contributed by atoms with Gasteiger partial charge in [-0.05, 0) is 101 Å². The normalized spacial score (nSPS) is 29.6. The largest absolute Gasteiger partial charge is 0.339 e. The molecule has 0 unspecified atom stereocenters. The minimum absolute atomic E-state index is 0.0443. The van der Waals surface area contributed by atoms with Crippen molar-refractivity contribution >= 4 is 39.7 Å². The number of rotatable bonds is 14. The maximum Gasteiger partial charge on any atom is 0.303 e. The number of carbonyl (C=O) groups excluding carboxylic acids is 5. The zero-order valence-electron chi connectivity index (χ0n) is 34.8. The first kappa shape index (κ1) is 42.1. The van der Waals surface area contributed by atoms with Crippen molar-refractivity contribution in [3.05, 3.63) is 42.3 Å². The van der Waals surface area contributed by atoms with E-state index >= 15 is 0 Å². The Kier molecular flexibility index (Phi) is 11.0. The van der Waals surface area contributed by atoms with E-state index in [0.29, 0.717) is 55.9 Å². The van der Waals surface area contributed by atoms with E-state index in [1.807, 2.05) is 6.92 Å². The van der Waals surface area contributed by atoms with Gasteiger partial charge in [0.25, 0.3) is 11.8 Å². The number of likely N-dealkylation sites (tertiary alicyclic amines) is 1. The second-order valence-corrected chi connectivity index (χ2v) is 20.2. The van der Waals surface area contributed by atoms with Crippen LogP contribution in [0.25, 0.3) is 0 Å². The summed E-state index contributed by atoms with van der Waals surface area (Å²) in [6.07, 6.45) is 10.8. The average Bonchev–Trinajstić information content (AvgIpc) is 3.56. The summed E-state index contributed by atoms with van der Waals surface area (Å²) in [5.41, 5.74) is -0.714. The SMILES string of the molecule is C=C[C@@H]1C[C@]1(NC(=O)[C@@H]1C[C@@]2(CN1C(=O)[C@@H](NC(=O)[C@@H](NC(=O)c1cc(C)nn1CC)C1CCCCC1)C(=C)C)C(C)(C)C21CCC1)C(=O)NS(=O)(=O)N1CCCC1. The molecule has 0 bridgehead atoms. The van der Waals surface area contributed by atoms with E-state index in [1.54, 1.807) is 35.6 Å². The first-order valence-corrected chi connectivity index (χ1v) is 22.7. The predicted octanol–water partition coefficient (Wildman–Crippen LogP) is 3.27. The van der Waals surface area contributed by atoms with Gasteiger partial charge in [-0.25, -0.2) is 4.72 Å². The molecule has 6 fully saturated rings. The Labute approximate surface area is 342 Å². The average molecular weight is 823 g/mol. The molecule has 5 amide bonds. The van der Waals surface area contributed by atoms with Crippen molar-refractivity contribution in [2.45, 2.75) is 142 Å². The molecule has 4 aliphatic carbocycles. The van der Waals surface area contributed by atoms with Gasteiger partial charge in [-0.1, -0.05) is 52.2 Å². The maximum atomic E-state index is 15.0. The van der Waals surface area contributed by atoms with Crippen LogP contribution in [0.3, 0.4) is 0 Å². The Balaban J connectivity index is 1.15. The van der Waals surface area contributed by atoms with Crippen LogP contribution in [0.5, 0.6) is 0 Å². The number of nitrogens with one attached hydrogen (secondary N) is 4. The molecule has 2 saturated heterocycles. The molecule has 15 nitrogen and oxygen atoms in total. The van der Waals surface area contributed by atoms with Gasteiger partial charge in [0.1, 0.15) is 29.4 Å². The monoisotopic (exact) mass is 822 g/mol. The molecule has 1 aromatic rings. The van der Waals surface area contributed by atoms with Crippen molar-refractivity contribution in [2.75, 3.05) is 19.6 Å². The van der Waals surface area contributed by atoms with Crippen LogP contribution in [0, 0.1) is 35.0 Å². The lowest BCUT2D eigenvalue weighted by Gasteiger charge is -2.34. The van der Waals surface area contributed by atoms with E-state index in [0.717, 1.165) is 51.4 Å². The molecule has 4 saturated carbocycles. The smallest absolute Gasteiger partial charge is 0.303 e. The third-order valence-corrected chi connectivity index (χ3v) is 16.7. The molecule has 1 aromatic heterocycles. The first-order chi connectivity index (χ1) is 27.4. The Morgan fingerprint density at radius 2 is 1.66 bits per heavy atom. The molecule has 2 spiro atoms. The Hall–Kier alpha value is -4.05. The third kappa shape index (κ3) is 6.79. The van der Waals surface area contributed by atoms with Gasteiger partial charge in [-0.15, -0.1) is 6.58 Å². The number of nitrogens with zero attached hydrogens (tertiary/aromatic N) is 4. The Bertz CT molecular complexity index is 2000. The molecule has 6 atom stereocenters. The number of hydrogen-bond donors (Lipinski definition) is 4. The van der Waals surface area contributed by atoms with Crippen LogP contribution in [0.1, 0.15) is 121 Å².